The summed E-state index contributed by atoms with van der Waals surface area (Å²) in [4.78, 5) is 15.9. The Morgan fingerprint density at radius 1 is 1.21 bits per heavy atom. The summed E-state index contributed by atoms with van der Waals surface area (Å²) < 4.78 is 13.1. The SMILES string of the molecule is CC(C)Oc1c(Cl)cc(-c2nn(PI)cc2CN(C)CCN(C)C(=O)OC(C)(C)C)cc1Cl. The zero-order chi connectivity index (χ0) is 24.9. The Bertz CT molecular complexity index is 943. The van der Waals surface area contributed by atoms with Crippen molar-refractivity contribution >= 4 is 57.7 Å². The Hall–Kier alpha value is -0.800. The lowest BCUT2D eigenvalue weighted by Crippen LogP contribution is -2.38. The third-order valence-corrected chi connectivity index (χ3v) is 6.91. The van der Waals surface area contributed by atoms with Gasteiger partial charge in [-0.05, 0) is 75.8 Å². The minimum absolute atomic E-state index is 0.0340. The van der Waals surface area contributed by atoms with Crippen molar-refractivity contribution in [3.63, 3.8) is 0 Å². The number of aromatic nitrogens is 2. The Morgan fingerprint density at radius 3 is 2.33 bits per heavy atom. The molecule has 1 aromatic carbocycles. The van der Waals surface area contributed by atoms with Crippen LogP contribution in [0.5, 0.6) is 5.75 Å². The maximum Gasteiger partial charge on any atom is 0.410 e. The van der Waals surface area contributed by atoms with Gasteiger partial charge in [0.05, 0.1) is 28.2 Å². The molecule has 7 nitrogen and oxygen atoms in total. The quantitative estimate of drug-likeness (QED) is 0.228. The number of likely N-dealkylation sites (N-methyl/N-ethyl adjacent to an activating group) is 2. The van der Waals surface area contributed by atoms with Gasteiger partial charge < -0.3 is 19.3 Å². The van der Waals surface area contributed by atoms with Crippen molar-refractivity contribution in [1.29, 1.82) is 0 Å². The molecular weight excluding hydrogens is 597 g/mol. The molecule has 33 heavy (non-hydrogen) atoms. The number of rotatable bonds is 9. The highest BCUT2D eigenvalue weighted by atomic mass is 127. The molecule has 2 aromatic rings. The summed E-state index contributed by atoms with van der Waals surface area (Å²) in [6, 6.07) is 3.68. The average Bonchev–Trinajstić information content (AvgIpc) is 3.10. The topological polar surface area (TPSA) is 59.8 Å². The molecule has 2 rings (SSSR count). The van der Waals surface area contributed by atoms with Gasteiger partial charge >= 0.3 is 6.09 Å². The van der Waals surface area contributed by atoms with E-state index in [0.717, 1.165) is 16.8 Å². The van der Waals surface area contributed by atoms with Gasteiger partial charge in [-0.2, -0.15) is 5.10 Å². The molecule has 0 aliphatic carbocycles. The first-order valence-corrected chi connectivity index (χ1v) is 15.4. The van der Waals surface area contributed by atoms with Crippen molar-refractivity contribution in [2.24, 2.45) is 0 Å². The Kier molecular flexibility index (Phi) is 10.6. The van der Waals surface area contributed by atoms with Crippen LogP contribution in [0.4, 0.5) is 4.79 Å². The third kappa shape index (κ3) is 8.73. The minimum Gasteiger partial charge on any atom is -0.488 e. The summed E-state index contributed by atoms with van der Waals surface area (Å²) in [5.74, 6) is 0.483. The normalized spacial score (nSPS) is 12.2. The van der Waals surface area contributed by atoms with Crippen LogP contribution >= 0.6 is 51.6 Å². The zero-order valence-electron chi connectivity index (χ0n) is 20.1. The van der Waals surface area contributed by atoms with Crippen molar-refractivity contribution in [3.8, 4) is 17.0 Å². The van der Waals surface area contributed by atoms with Crippen molar-refractivity contribution in [2.75, 3.05) is 27.2 Å². The van der Waals surface area contributed by atoms with Gasteiger partial charge in [0, 0.05) is 44.0 Å². The van der Waals surface area contributed by atoms with E-state index >= 15 is 0 Å². The highest BCUT2D eigenvalue weighted by Crippen LogP contribution is 2.39. The molecule has 11 heteroatoms. The monoisotopic (exact) mass is 628 g/mol. The van der Waals surface area contributed by atoms with Crippen LogP contribution in [0.25, 0.3) is 11.3 Å². The van der Waals surface area contributed by atoms with Crippen molar-refractivity contribution < 1.29 is 14.3 Å². The highest BCUT2D eigenvalue weighted by molar-refractivity contribution is 14.2. The fourth-order valence-electron chi connectivity index (χ4n) is 2.98. The van der Waals surface area contributed by atoms with Gasteiger partial charge in [0.15, 0.2) is 5.75 Å². The fraction of sp³-hybridized carbons (Fsp3) is 0.545. The molecule has 0 fully saturated rings. The second kappa shape index (κ2) is 12.2. The summed E-state index contributed by atoms with van der Waals surface area (Å²) in [5.41, 5.74) is 2.20. The number of nitrogens with zero attached hydrogens (tertiary/aromatic N) is 4. The van der Waals surface area contributed by atoms with E-state index in [1.165, 1.54) is 0 Å². The molecular formula is C22H32Cl2IN4O3P. The van der Waals surface area contributed by atoms with Crippen molar-refractivity contribution in [1.82, 2.24) is 19.4 Å². The maximum atomic E-state index is 12.2. The van der Waals surface area contributed by atoms with E-state index in [2.05, 4.69) is 26.9 Å². The molecule has 1 amide bonds. The molecule has 0 bridgehead atoms. The smallest absolute Gasteiger partial charge is 0.410 e. The van der Waals surface area contributed by atoms with Crippen LogP contribution in [0, 0.1) is 0 Å². The molecule has 0 saturated carbocycles. The van der Waals surface area contributed by atoms with E-state index in [-0.39, 0.29) is 12.2 Å². The minimum atomic E-state index is -0.515. The molecule has 0 spiro atoms. The number of ether oxygens (including phenoxy) is 2. The first-order chi connectivity index (χ1) is 15.3. The lowest BCUT2D eigenvalue weighted by molar-refractivity contribution is 0.0286. The number of hydrogen-bond acceptors (Lipinski definition) is 5. The standard InChI is InChI=1S/C22H32Cl2IN4O3P/c1-14(2)31-20-17(23)10-15(11-18(20)24)19-16(13-29(26-19)33-25)12-27(6)8-9-28(7)21(30)32-22(3,4)5/h10-11,13-14,33H,8-9,12H2,1-7H3. The largest absolute Gasteiger partial charge is 0.488 e. The number of carbonyl (C=O) groups is 1. The molecule has 0 aliphatic heterocycles. The van der Waals surface area contributed by atoms with Crippen LogP contribution in [-0.2, 0) is 11.3 Å². The number of halogens is 3. The van der Waals surface area contributed by atoms with Gasteiger partial charge in [0.1, 0.15) is 5.60 Å². The lowest BCUT2D eigenvalue weighted by Gasteiger charge is -2.26. The van der Waals surface area contributed by atoms with E-state index in [9.17, 15) is 4.79 Å². The number of carbonyl (C=O) groups excluding carboxylic acids is 1. The van der Waals surface area contributed by atoms with Crippen molar-refractivity contribution in [3.05, 3.63) is 33.9 Å². The van der Waals surface area contributed by atoms with E-state index in [1.807, 2.05) is 64.4 Å². The molecule has 1 heterocycles. The van der Waals surface area contributed by atoms with Gasteiger partial charge in [-0.3, -0.25) is 0 Å². The van der Waals surface area contributed by atoms with Crippen molar-refractivity contribution in [2.45, 2.75) is 52.9 Å². The number of hydrogen-bond donors (Lipinski definition) is 0. The second-order valence-corrected chi connectivity index (χ2v) is 12.0. The summed E-state index contributed by atoms with van der Waals surface area (Å²) in [7, 11) is 3.75. The molecule has 0 N–H and O–H groups in total. The number of benzene rings is 1. The van der Waals surface area contributed by atoms with Crippen LogP contribution < -0.4 is 4.74 Å². The lowest BCUT2D eigenvalue weighted by atomic mass is 10.1. The van der Waals surface area contributed by atoms with E-state index in [0.29, 0.717) is 41.8 Å². The van der Waals surface area contributed by atoms with E-state index in [1.54, 1.807) is 11.9 Å². The summed E-state index contributed by atoms with van der Waals surface area (Å²) in [5, 5.41) is 5.65. The van der Waals surface area contributed by atoms with Crippen LogP contribution in [0.3, 0.4) is 0 Å². The van der Waals surface area contributed by atoms with Crippen LogP contribution in [0.1, 0.15) is 40.2 Å². The second-order valence-electron chi connectivity index (χ2n) is 9.11. The molecule has 0 radical (unpaired) electrons. The highest BCUT2D eigenvalue weighted by Gasteiger charge is 2.21. The number of amides is 1. The van der Waals surface area contributed by atoms with Crippen LogP contribution in [0.15, 0.2) is 18.3 Å². The predicted molar refractivity (Wildman–Crippen MR) is 146 cm³/mol. The van der Waals surface area contributed by atoms with Gasteiger partial charge in [0.25, 0.3) is 0 Å². The summed E-state index contributed by atoms with van der Waals surface area (Å²) in [6.07, 6.45) is 2.13. The molecule has 1 aromatic heterocycles. The van der Waals surface area contributed by atoms with E-state index < -0.39 is 5.60 Å². The molecule has 0 aliphatic rings. The Morgan fingerprint density at radius 2 is 1.82 bits per heavy atom. The van der Waals surface area contributed by atoms with Crippen LogP contribution in [-0.4, -0.2) is 64.3 Å². The molecule has 184 valence electrons. The van der Waals surface area contributed by atoms with Gasteiger partial charge in [-0.1, -0.05) is 23.2 Å². The zero-order valence-corrected chi connectivity index (χ0v) is 24.7. The third-order valence-electron chi connectivity index (χ3n) is 4.46. The van der Waals surface area contributed by atoms with Crippen LogP contribution in [0.2, 0.25) is 10.0 Å². The van der Waals surface area contributed by atoms with Gasteiger partial charge in [0.2, 0.25) is 0 Å². The molecule has 0 saturated heterocycles. The van der Waals surface area contributed by atoms with Gasteiger partial charge in [-0.15, -0.1) is 0 Å². The summed E-state index contributed by atoms with van der Waals surface area (Å²) >= 11 is 15.3. The molecule has 1 unspecified atom stereocenters. The summed E-state index contributed by atoms with van der Waals surface area (Å²) in [6.45, 7) is 11.3. The maximum absolute atomic E-state index is 12.2. The molecule has 1 atom stereocenters. The first kappa shape index (κ1) is 28.4. The Balaban J connectivity index is 2.16. The first-order valence-electron chi connectivity index (χ1n) is 10.5. The predicted octanol–water partition coefficient (Wildman–Crippen LogP) is 6.73. The average molecular weight is 629 g/mol. The van der Waals surface area contributed by atoms with Gasteiger partial charge in [-0.25, -0.2) is 9.25 Å². The Labute approximate surface area is 221 Å². The van der Waals surface area contributed by atoms with E-state index in [4.69, 9.17) is 37.8 Å². The fourth-order valence-corrected chi connectivity index (χ4v) is 4.64.